The van der Waals surface area contributed by atoms with Gasteiger partial charge in [-0.1, -0.05) is 18.7 Å². The van der Waals surface area contributed by atoms with Crippen molar-refractivity contribution in [1.29, 1.82) is 0 Å². The summed E-state index contributed by atoms with van der Waals surface area (Å²) in [5.41, 5.74) is 2.63. The molecule has 0 bridgehead atoms. The molecule has 1 amide bonds. The topological polar surface area (TPSA) is 68.5 Å². The number of hydrogen-bond donors (Lipinski definition) is 1. The standard InChI is InChI=1S/C20H26N4O2S/c1-7-20(4,5)21-18(25)13(3)27-19-23-22-17-10-12(2)15-9-8-14(26-6)11-16(15)24(17)19/h8-11,13H,7H2,1-6H3,(H,21,25). The van der Waals surface area contributed by atoms with E-state index in [9.17, 15) is 4.79 Å². The average Bonchev–Trinajstić information content (AvgIpc) is 3.03. The molecule has 0 spiro atoms. The summed E-state index contributed by atoms with van der Waals surface area (Å²) in [6.45, 7) is 10.1. The molecule has 6 nitrogen and oxygen atoms in total. The third kappa shape index (κ3) is 3.88. The molecule has 3 rings (SSSR count). The number of aryl methyl sites for hydroxylation is 1. The van der Waals surface area contributed by atoms with Crippen molar-refractivity contribution < 1.29 is 9.53 Å². The second-order valence-electron chi connectivity index (χ2n) is 7.37. The Hall–Kier alpha value is -2.28. The number of benzene rings is 1. The molecule has 1 N–H and O–H groups in total. The lowest BCUT2D eigenvalue weighted by Gasteiger charge is -2.26. The maximum atomic E-state index is 12.6. The first-order chi connectivity index (χ1) is 12.8. The molecule has 0 aliphatic heterocycles. The van der Waals surface area contributed by atoms with Crippen LogP contribution in [0.15, 0.2) is 29.4 Å². The number of methoxy groups -OCH3 is 1. The number of aromatic nitrogens is 3. The Kier molecular flexibility index (Phi) is 5.33. The molecule has 0 fully saturated rings. The van der Waals surface area contributed by atoms with Crippen molar-refractivity contribution >= 4 is 34.2 Å². The average molecular weight is 387 g/mol. The number of pyridine rings is 1. The Labute approximate surface area is 163 Å². The number of nitrogens with one attached hydrogen (secondary N) is 1. The van der Waals surface area contributed by atoms with E-state index in [-0.39, 0.29) is 16.7 Å². The molecule has 0 radical (unpaired) electrons. The zero-order valence-electron chi connectivity index (χ0n) is 16.7. The van der Waals surface area contributed by atoms with E-state index >= 15 is 0 Å². The first kappa shape index (κ1) is 19.5. The third-order valence-electron chi connectivity index (χ3n) is 4.87. The van der Waals surface area contributed by atoms with Crippen LogP contribution in [0.4, 0.5) is 0 Å². The molecule has 0 aliphatic carbocycles. The normalized spacial score (nSPS) is 13.1. The van der Waals surface area contributed by atoms with Gasteiger partial charge in [0.1, 0.15) is 5.75 Å². The maximum absolute atomic E-state index is 12.6. The fourth-order valence-corrected chi connectivity index (χ4v) is 3.71. The number of fused-ring (bicyclic) bond motifs is 3. The van der Waals surface area contributed by atoms with Crippen molar-refractivity contribution in [2.75, 3.05) is 7.11 Å². The van der Waals surface area contributed by atoms with Gasteiger partial charge in [0.25, 0.3) is 0 Å². The number of rotatable bonds is 6. The molecule has 2 aromatic heterocycles. The zero-order valence-corrected chi connectivity index (χ0v) is 17.5. The maximum Gasteiger partial charge on any atom is 0.233 e. The number of thioether (sulfide) groups is 1. The van der Waals surface area contributed by atoms with E-state index in [1.54, 1.807) is 7.11 Å². The van der Waals surface area contributed by atoms with E-state index in [4.69, 9.17) is 4.74 Å². The van der Waals surface area contributed by atoms with Crippen LogP contribution in [0.1, 0.15) is 39.7 Å². The lowest BCUT2D eigenvalue weighted by molar-refractivity contribution is -0.121. The monoisotopic (exact) mass is 386 g/mol. The summed E-state index contributed by atoms with van der Waals surface area (Å²) < 4.78 is 7.38. The highest BCUT2D eigenvalue weighted by atomic mass is 32.2. The van der Waals surface area contributed by atoms with Crippen LogP contribution < -0.4 is 10.1 Å². The highest BCUT2D eigenvalue weighted by Crippen LogP contribution is 2.30. The Morgan fingerprint density at radius 2 is 2.07 bits per heavy atom. The van der Waals surface area contributed by atoms with Crippen molar-refractivity contribution in [2.24, 2.45) is 0 Å². The smallest absolute Gasteiger partial charge is 0.233 e. The molecule has 7 heteroatoms. The molecule has 1 atom stereocenters. The fraction of sp³-hybridized carbons (Fsp3) is 0.450. The summed E-state index contributed by atoms with van der Waals surface area (Å²) >= 11 is 1.41. The highest BCUT2D eigenvalue weighted by Gasteiger charge is 2.24. The molecule has 0 aliphatic rings. The molecular formula is C20H26N4O2S. The first-order valence-corrected chi connectivity index (χ1v) is 9.95. The quantitative estimate of drug-likeness (QED) is 0.649. The van der Waals surface area contributed by atoms with Crippen molar-refractivity contribution in [3.8, 4) is 5.75 Å². The van der Waals surface area contributed by atoms with Crippen LogP contribution in [0.3, 0.4) is 0 Å². The zero-order chi connectivity index (χ0) is 19.8. The second kappa shape index (κ2) is 7.38. The largest absolute Gasteiger partial charge is 0.497 e. The summed E-state index contributed by atoms with van der Waals surface area (Å²) in [5, 5.41) is 13.3. The Morgan fingerprint density at radius 3 is 2.74 bits per heavy atom. The van der Waals surface area contributed by atoms with Gasteiger partial charge in [-0.05, 0) is 57.9 Å². The Morgan fingerprint density at radius 1 is 1.33 bits per heavy atom. The summed E-state index contributed by atoms with van der Waals surface area (Å²) in [6, 6.07) is 7.98. The van der Waals surface area contributed by atoms with Crippen LogP contribution in [-0.2, 0) is 4.79 Å². The molecule has 1 aromatic carbocycles. The number of carbonyl (C=O) groups is 1. The molecule has 144 valence electrons. The minimum Gasteiger partial charge on any atom is -0.497 e. The van der Waals surface area contributed by atoms with E-state index in [1.807, 2.05) is 49.4 Å². The van der Waals surface area contributed by atoms with Crippen LogP contribution in [0.25, 0.3) is 16.6 Å². The van der Waals surface area contributed by atoms with Crippen molar-refractivity contribution in [2.45, 2.75) is 57.0 Å². The van der Waals surface area contributed by atoms with Crippen molar-refractivity contribution in [1.82, 2.24) is 19.9 Å². The molecule has 3 aromatic rings. The van der Waals surface area contributed by atoms with E-state index in [1.165, 1.54) is 11.8 Å². The van der Waals surface area contributed by atoms with Gasteiger partial charge >= 0.3 is 0 Å². The molecule has 0 saturated carbocycles. The number of ether oxygens (including phenoxy) is 1. The van der Waals surface area contributed by atoms with Gasteiger partial charge in [0.05, 0.1) is 17.9 Å². The number of carbonyl (C=O) groups excluding carboxylic acids is 1. The highest BCUT2D eigenvalue weighted by molar-refractivity contribution is 8.00. The molecule has 1 unspecified atom stereocenters. The van der Waals surface area contributed by atoms with Crippen molar-refractivity contribution in [3.05, 3.63) is 29.8 Å². The van der Waals surface area contributed by atoms with Crippen LogP contribution in [0.5, 0.6) is 5.75 Å². The van der Waals surface area contributed by atoms with Gasteiger partial charge in [-0.3, -0.25) is 9.20 Å². The Bertz CT molecular complexity index is 996. The van der Waals surface area contributed by atoms with Gasteiger partial charge in [0.15, 0.2) is 10.8 Å². The van der Waals surface area contributed by atoms with Crippen LogP contribution in [0.2, 0.25) is 0 Å². The van der Waals surface area contributed by atoms with Crippen LogP contribution in [-0.4, -0.2) is 38.4 Å². The van der Waals surface area contributed by atoms with Gasteiger partial charge in [-0.2, -0.15) is 0 Å². The molecule has 0 saturated heterocycles. The van der Waals surface area contributed by atoms with Crippen LogP contribution in [0, 0.1) is 6.92 Å². The summed E-state index contributed by atoms with van der Waals surface area (Å²) in [7, 11) is 1.65. The molecule has 27 heavy (non-hydrogen) atoms. The molecule has 2 heterocycles. The van der Waals surface area contributed by atoms with Crippen LogP contribution >= 0.6 is 11.8 Å². The first-order valence-electron chi connectivity index (χ1n) is 9.07. The van der Waals surface area contributed by atoms with E-state index in [0.717, 1.165) is 34.3 Å². The summed E-state index contributed by atoms with van der Waals surface area (Å²) in [5.74, 6) is 0.770. The lowest BCUT2D eigenvalue weighted by Crippen LogP contribution is -2.46. The summed E-state index contributed by atoms with van der Waals surface area (Å²) in [4.78, 5) is 12.6. The lowest BCUT2D eigenvalue weighted by atomic mass is 10.0. The SMILES string of the molecule is CCC(C)(C)NC(=O)C(C)Sc1nnc2cc(C)c3ccc(OC)cc3n12. The fourth-order valence-electron chi connectivity index (χ4n) is 2.84. The number of hydrogen-bond acceptors (Lipinski definition) is 5. The van der Waals surface area contributed by atoms with Gasteiger partial charge in [0.2, 0.25) is 5.91 Å². The van der Waals surface area contributed by atoms with Gasteiger partial charge in [-0.25, -0.2) is 0 Å². The van der Waals surface area contributed by atoms with Gasteiger partial charge in [0, 0.05) is 17.0 Å². The Balaban J connectivity index is 2.00. The van der Waals surface area contributed by atoms with Gasteiger partial charge < -0.3 is 10.1 Å². The molecular weight excluding hydrogens is 360 g/mol. The third-order valence-corrected chi connectivity index (χ3v) is 5.91. The van der Waals surface area contributed by atoms with E-state index < -0.39 is 0 Å². The summed E-state index contributed by atoms with van der Waals surface area (Å²) in [6.07, 6.45) is 0.869. The van der Waals surface area contributed by atoms with Crippen molar-refractivity contribution in [3.63, 3.8) is 0 Å². The van der Waals surface area contributed by atoms with E-state index in [2.05, 4.69) is 29.4 Å². The van der Waals surface area contributed by atoms with E-state index in [0.29, 0.717) is 5.16 Å². The minimum atomic E-state index is -0.287. The predicted molar refractivity (Wildman–Crippen MR) is 110 cm³/mol. The predicted octanol–water partition coefficient (Wildman–Crippen LogP) is 3.98. The number of amides is 1. The number of nitrogens with zero attached hydrogens (tertiary/aromatic N) is 3. The second-order valence-corrected chi connectivity index (χ2v) is 8.68. The minimum absolute atomic E-state index is 0.00222. The van der Waals surface area contributed by atoms with Gasteiger partial charge in [-0.15, -0.1) is 10.2 Å².